The number of nitrogens with one attached hydrogen (secondary N) is 1. The first-order valence-corrected chi connectivity index (χ1v) is 7.65. The highest BCUT2D eigenvalue weighted by molar-refractivity contribution is 7.90. The Kier molecular flexibility index (Phi) is 4.32. The molecule has 0 saturated carbocycles. The smallest absolute Gasteiger partial charge is 0.252 e. The number of nitrogens with zero attached hydrogens (tertiary/aromatic N) is 1. The van der Waals surface area contributed by atoms with E-state index in [2.05, 4.69) is 5.32 Å². The Morgan fingerprint density at radius 2 is 1.89 bits per heavy atom. The molecule has 0 heterocycles. The topological polar surface area (TPSA) is 87.0 Å². The van der Waals surface area contributed by atoms with Crippen molar-refractivity contribution in [3.63, 3.8) is 0 Å². The van der Waals surface area contributed by atoms with Crippen molar-refractivity contribution in [2.24, 2.45) is 0 Å². The first kappa shape index (κ1) is 15.2. The summed E-state index contributed by atoms with van der Waals surface area (Å²) in [4.78, 5) is 12.1. The van der Waals surface area contributed by atoms with Crippen LogP contribution in [0.1, 0.15) is 30.6 Å². The molecule has 1 aromatic rings. The Morgan fingerprint density at radius 1 is 1.37 bits per heavy atom. The minimum absolute atomic E-state index is 0.155. The summed E-state index contributed by atoms with van der Waals surface area (Å²) in [5.74, 6) is -0.397. The van der Waals surface area contributed by atoms with Gasteiger partial charge in [0.25, 0.3) is 5.91 Å². The van der Waals surface area contributed by atoms with Crippen molar-refractivity contribution < 1.29 is 13.2 Å². The van der Waals surface area contributed by atoms with Crippen LogP contribution in [0.2, 0.25) is 0 Å². The Labute approximate surface area is 113 Å². The lowest BCUT2D eigenvalue weighted by molar-refractivity contribution is 0.0923. The number of sulfone groups is 1. The number of hydrogen-bond donors (Lipinski definition) is 1. The predicted octanol–water partition coefficient (Wildman–Crippen LogP) is 1.51. The highest BCUT2D eigenvalue weighted by Crippen LogP contribution is 2.13. The van der Waals surface area contributed by atoms with Gasteiger partial charge in [-0.1, -0.05) is 6.92 Å². The first-order chi connectivity index (χ1) is 8.72. The number of amides is 1. The van der Waals surface area contributed by atoms with Gasteiger partial charge in [-0.25, -0.2) is 8.42 Å². The Hall–Kier alpha value is -1.87. The molecule has 5 nitrogen and oxygen atoms in total. The van der Waals surface area contributed by atoms with Crippen molar-refractivity contribution in [3.8, 4) is 6.07 Å². The van der Waals surface area contributed by atoms with Gasteiger partial charge in [0.1, 0.15) is 5.54 Å². The summed E-state index contributed by atoms with van der Waals surface area (Å²) in [7, 11) is -3.27. The molecule has 0 bridgehead atoms. The van der Waals surface area contributed by atoms with Gasteiger partial charge in [0.2, 0.25) is 0 Å². The SMILES string of the molecule is CC[C@](C)(C#N)NC(=O)c1ccc(S(C)(=O)=O)cc1. The van der Waals surface area contributed by atoms with E-state index in [9.17, 15) is 13.2 Å². The molecule has 102 valence electrons. The molecule has 19 heavy (non-hydrogen) atoms. The van der Waals surface area contributed by atoms with Gasteiger partial charge < -0.3 is 5.32 Å². The van der Waals surface area contributed by atoms with E-state index in [-0.39, 0.29) is 4.90 Å². The standard InChI is InChI=1S/C13H16N2O3S/c1-4-13(2,9-14)15-12(16)10-5-7-11(8-6-10)19(3,17)18/h5-8H,4H2,1-3H3,(H,15,16)/t13-/m1/s1. The molecule has 0 saturated heterocycles. The molecule has 0 unspecified atom stereocenters. The Balaban J connectivity index is 2.95. The van der Waals surface area contributed by atoms with Crippen LogP contribution in [-0.2, 0) is 9.84 Å². The number of benzene rings is 1. The second-order valence-corrected chi connectivity index (χ2v) is 6.56. The molecule has 1 N–H and O–H groups in total. The maximum Gasteiger partial charge on any atom is 0.252 e. The predicted molar refractivity (Wildman–Crippen MR) is 71.3 cm³/mol. The third-order valence-corrected chi connectivity index (χ3v) is 4.02. The molecule has 1 amide bonds. The van der Waals surface area contributed by atoms with E-state index in [0.29, 0.717) is 12.0 Å². The lowest BCUT2D eigenvalue weighted by Crippen LogP contribution is -2.44. The summed E-state index contributed by atoms with van der Waals surface area (Å²) in [6.45, 7) is 3.44. The maximum absolute atomic E-state index is 11.9. The van der Waals surface area contributed by atoms with E-state index < -0.39 is 21.3 Å². The molecular formula is C13H16N2O3S. The molecule has 1 rings (SSSR count). The van der Waals surface area contributed by atoms with Gasteiger partial charge in [-0.15, -0.1) is 0 Å². The van der Waals surface area contributed by atoms with Crippen LogP contribution < -0.4 is 5.32 Å². The second kappa shape index (κ2) is 5.41. The molecule has 6 heteroatoms. The third kappa shape index (κ3) is 3.80. The van der Waals surface area contributed by atoms with E-state index in [0.717, 1.165) is 6.26 Å². The van der Waals surface area contributed by atoms with Gasteiger partial charge in [0.05, 0.1) is 11.0 Å². The van der Waals surface area contributed by atoms with Crippen molar-refractivity contribution in [2.75, 3.05) is 6.26 Å². The molecule has 0 aromatic heterocycles. The summed E-state index contributed by atoms with van der Waals surface area (Å²) in [6, 6.07) is 7.65. The van der Waals surface area contributed by atoms with E-state index in [4.69, 9.17) is 5.26 Å². The van der Waals surface area contributed by atoms with Gasteiger partial charge in [-0.3, -0.25) is 4.79 Å². The van der Waals surface area contributed by atoms with E-state index in [1.165, 1.54) is 24.3 Å². The molecule has 0 aliphatic rings. The van der Waals surface area contributed by atoms with E-state index in [1.807, 2.05) is 6.07 Å². The van der Waals surface area contributed by atoms with Gasteiger partial charge in [-0.2, -0.15) is 5.26 Å². The van der Waals surface area contributed by atoms with Crippen molar-refractivity contribution in [3.05, 3.63) is 29.8 Å². The summed E-state index contributed by atoms with van der Waals surface area (Å²) in [6.07, 6.45) is 1.59. The van der Waals surface area contributed by atoms with Gasteiger partial charge in [0, 0.05) is 11.8 Å². The monoisotopic (exact) mass is 280 g/mol. The van der Waals surface area contributed by atoms with E-state index in [1.54, 1.807) is 13.8 Å². The van der Waals surface area contributed by atoms with E-state index >= 15 is 0 Å². The first-order valence-electron chi connectivity index (χ1n) is 5.76. The highest BCUT2D eigenvalue weighted by atomic mass is 32.2. The number of hydrogen-bond acceptors (Lipinski definition) is 4. The summed E-state index contributed by atoms with van der Waals surface area (Å²) in [5.41, 5.74) is -0.602. The molecule has 1 atom stereocenters. The fraction of sp³-hybridized carbons (Fsp3) is 0.385. The van der Waals surface area contributed by atoms with Crippen LogP contribution in [0.5, 0.6) is 0 Å². The summed E-state index contributed by atoms with van der Waals surface area (Å²) < 4.78 is 22.6. The number of rotatable bonds is 4. The average molecular weight is 280 g/mol. The van der Waals surface area contributed by atoms with Crippen molar-refractivity contribution >= 4 is 15.7 Å². The van der Waals surface area contributed by atoms with Crippen LogP contribution in [0, 0.1) is 11.3 Å². The maximum atomic E-state index is 11.9. The molecule has 0 aliphatic carbocycles. The van der Waals surface area contributed by atoms with Gasteiger partial charge in [0.15, 0.2) is 9.84 Å². The van der Waals surface area contributed by atoms with Crippen LogP contribution >= 0.6 is 0 Å². The highest BCUT2D eigenvalue weighted by Gasteiger charge is 2.24. The number of carbonyl (C=O) groups is 1. The number of nitriles is 1. The lowest BCUT2D eigenvalue weighted by Gasteiger charge is -2.21. The Morgan fingerprint density at radius 3 is 2.26 bits per heavy atom. The lowest BCUT2D eigenvalue weighted by atomic mass is 10.0. The molecule has 0 spiro atoms. The summed E-state index contributed by atoms with van der Waals surface area (Å²) in [5, 5.41) is 11.6. The quantitative estimate of drug-likeness (QED) is 0.905. The zero-order valence-electron chi connectivity index (χ0n) is 11.1. The largest absolute Gasteiger partial charge is 0.334 e. The third-order valence-electron chi connectivity index (χ3n) is 2.89. The summed E-state index contributed by atoms with van der Waals surface area (Å²) >= 11 is 0. The van der Waals surface area contributed by atoms with Crippen molar-refractivity contribution in [1.82, 2.24) is 5.32 Å². The van der Waals surface area contributed by atoms with Crippen LogP contribution in [0.3, 0.4) is 0 Å². The zero-order valence-corrected chi connectivity index (χ0v) is 11.9. The van der Waals surface area contributed by atoms with Crippen molar-refractivity contribution in [1.29, 1.82) is 5.26 Å². The molecule has 0 radical (unpaired) electrons. The minimum atomic E-state index is -3.27. The Bertz CT molecular complexity index is 614. The normalized spacial score (nSPS) is 14.2. The molecule has 0 fully saturated rings. The van der Waals surface area contributed by atoms with Crippen LogP contribution in [0.25, 0.3) is 0 Å². The fourth-order valence-electron chi connectivity index (χ4n) is 1.37. The molecule has 1 aromatic carbocycles. The minimum Gasteiger partial charge on any atom is -0.334 e. The average Bonchev–Trinajstić information content (AvgIpc) is 2.37. The number of carbonyl (C=O) groups excluding carboxylic acids is 1. The van der Waals surface area contributed by atoms with Gasteiger partial charge in [-0.05, 0) is 37.6 Å². The zero-order chi connectivity index (χ0) is 14.7. The van der Waals surface area contributed by atoms with Crippen LogP contribution in [-0.4, -0.2) is 26.1 Å². The molecule has 0 aliphatic heterocycles. The molecular weight excluding hydrogens is 264 g/mol. The second-order valence-electron chi connectivity index (χ2n) is 4.55. The fourth-order valence-corrected chi connectivity index (χ4v) is 2.00. The van der Waals surface area contributed by atoms with Crippen LogP contribution in [0.4, 0.5) is 0 Å². The van der Waals surface area contributed by atoms with Gasteiger partial charge >= 0.3 is 0 Å². The van der Waals surface area contributed by atoms with Crippen LogP contribution in [0.15, 0.2) is 29.2 Å². The van der Waals surface area contributed by atoms with Crippen molar-refractivity contribution in [2.45, 2.75) is 30.7 Å².